The van der Waals surface area contributed by atoms with Crippen LogP contribution in [0.4, 0.5) is 0 Å². The highest BCUT2D eigenvalue weighted by Gasteiger charge is 2.61. The molecule has 2 nitrogen and oxygen atoms in total. The summed E-state index contributed by atoms with van der Waals surface area (Å²) in [6.07, 6.45) is 12.8. The van der Waals surface area contributed by atoms with Gasteiger partial charge in [0.05, 0.1) is 11.7 Å². The van der Waals surface area contributed by atoms with E-state index < -0.39 is 5.60 Å². The highest BCUT2D eigenvalue weighted by Crippen LogP contribution is 2.69. The molecule has 0 unspecified atom stereocenters. The average molecular weight is 453 g/mol. The molecule has 0 heterocycles. The fourth-order valence-corrected chi connectivity index (χ4v) is 9.86. The van der Waals surface area contributed by atoms with Gasteiger partial charge in [0.15, 0.2) is 0 Å². The summed E-state index contributed by atoms with van der Waals surface area (Å²) in [6, 6.07) is 10.5. The van der Waals surface area contributed by atoms with Gasteiger partial charge in [0.25, 0.3) is 0 Å². The van der Waals surface area contributed by atoms with E-state index in [1.54, 1.807) is 0 Å². The summed E-state index contributed by atoms with van der Waals surface area (Å²) in [5, 5.41) is 22.3. The molecular weight excluding hydrogens is 404 g/mol. The van der Waals surface area contributed by atoms with Gasteiger partial charge in [-0.15, -0.1) is 0 Å². The Bertz CT molecular complexity index is 821. The predicted molar refractivity (Wildman–Crippen MR) is 136 cm³/mol. The van der Waals surface area contributed by atoms with Gasteiger partial charge >= 0.3 is 0 Å². The zero-order chi connectivity index (χ0) is 23.4. The number of fused-ring (bicyclic) bond motifs is 5. The lowest BCUT2D eigenvalue weighted by Gasteiger charge is -2.62. The van der Waals surface area contributed by atoms with E-state index in [9.17, 15) is 10.2 Å². The summed E-state index contributed by atoms with van der Waals surface area (Å²) in [6.45, 7) is 9.71. The minimum absolute atomic E-state index is 0.246. The first-order chi connectivity index (χ1) is 15.7. The molecule has 33 heavy (non-hydrogen) atoms. The van der Waals surface area contributed by atoms with Crippen LogP contribution >= 0.6 is 0 Å². The van der Waals surface area contributed by atoms with Crippen LogP contribution in [0.1, 0.15) is 97.5 Å². The predicted octanol–water partition coefficient (Wildman–Crippen LogP) is 7.03. The third-order valence-electron chi connectivity index (χ3n) is 12.1. The molecule has 2 heteroatoms. The Morgan fingerprint density at radius 1 is 0.909 bits per heavy atom. The molecule has 4 aliphatic rings. The fraction of sp³-hybridized carbons (Fsp3) is 0.806. The summed E-state index contributed by atoms with van der Waals surface area (Å²) in [5.41, 5.74) is 1.68. The largest absolute Gasteiger partial charge is 0.392 e. The highest BCUT2D eigenvalue weighted by molar-refractivity contribution is 5.16. The van der Waals surface area contributed by atoms with Crippen molar-refractivity contribution in [1.82, 2.24) is 0 Å². The summed E-state index contributed by atoms with van der Waals surface area (Å²) in [5.74, 6) is 4.26. The zero-order valence-electron chi connectivity index (χ0n) is 21.6. The monoisotopic (exact) mass is 452 g/mol. The molecule has 0 aliphatic heterocycles. The van der Waals surface area contributed by atoms with E-state index >= 15 is 0 Å². The molecule has 0 bridgehead atoms. The van der Waals surface area contributed by atoms with Crippen LogP contribution < -0.4 is 0 Å². The van der Waals surface area contributed by atoms with Crippen molar-refractivity contribution < 1.29 is 10.2 Å². The molecule has 4 saturated carbocycles. The van der Waals surface area contributed by atoms with Crippen molar-refractivity contribution in [2.75, 3.05) is 0 Å². The number of rotatable bonds is 5. The molecule has 5 rings (SSSR count). The van der Waals surface area contributed by atoms with Crippen LogP contribution in [0.5, 0.6) is 0 Å². The minimum atomic E-state index is -0.400. The summed E-state index contributed by atoms with van der Waals surface area (Å²) >= 11 is 0. The molecule has 2 N–H and O–H groups in total. The fourth-order valence-electron chi connectivity index (χ4n) is 9.86. The topological polar surface area (TPSA) is 40.5 Å². The van der Waals surface area contributed by atoms with Crippen molar-refractivity contribution >= 4 is 0 Å². The van der Waals surface area contributed by atoms with E-state index in [4.69, 9.17) is 0 Å². The second-order valence-electron chi connectivity index (χ2n) is 13.3. The second kappa shape index (κ2) is 8.66. The highest BCUT2D eigenvalue weighted by atomic mass is 16.3. The molecule has 0 aromatic heterocycles. The molecule has 0 radical (unpaired) electrons. The lowest BCUT2D eigenvalue weighted by Crippen LogP contribution is -2.56. The molecule has 4 aliphatic carbocycles. The van der Waals surface area contributed by atoms with Crippen LogP contribution in [-0.4, -0.2) is 21.9 Å². The van der Waals surface area contributed by atoms with Crippen molar-refractivity contribution in [3.63, 3.8) is 0 Å². The maximum absolute atomic E-state index is 11.2. The molecule has 0 amide bonds. The molecule has 0 spiro atoms. The Hall–Kier alpha value is -0.860. The number of hydrogen-bond acceptors (Lipinski definition) is 2. The molecule has 1 aromatic rings. The molecule has 10 atom stereocenters. The normalized spacial score (nSPS) is 46.7. The first-order valence-corrected chi connectivity index (χ1v) is 14.1. The zero-order valence-corrected chi connectivity index (χ0v) is 21.6. The first-order valence-electron chi connectivity index (χ1n) is 14.1. The van der Waals surface area contributed by atoms with E-state index in [2.05, 4.69) is 58.0 Å². The van der Waals surface area contributed by atoms with Crippen molar-refractivity contribution in [2.45, 2.75) is 110 Å². The number of hydrogen-bond donors (Lipinski definition) is 2. The Kier molecular flexibility index (Phi) is 6.26. The van der Waals surface area contributed by atoms with E-state index in [1.807, 2.05) is 0 Å². The van der Waals surface area contributed by atoms with Gasteiger partial charge in [-0.05, 0) is 123 Å². The van der Waals surface area contributed by atoms with Gasteiger partial charge in [0.1, 0.15) is 0 Å². The molecule has 4 fully saturated rings. The smallest absolute Gasteiger partial charge is 0.0648 e. The molecule has 1 aromatic carbocycles. The first kappa shape index (κ1) is 23.9. The standard InChI is InChI=1S/C31H48O2/c1-5-31(33)18-17-29(3)23(20-31)11-12-24-26-14-13-25(30(26,4)16-15-27(24)29)21(2)28(32)19-22-9-7-6-8-10-22/h6-10,21,23-28,32-33H,5,11-20H2,1-4H3/t21-,23-,24-,25+,26-,27-,28-,29-,30+,31-/m0/s1. The van der Waals surface area contributed by atoms with E-state index in [0.29, 0.717) is 28.6 Å². The van der Waals surface area contributed by atoms with Gasteiger partial charge in [0, 0.05) is 0 Å². The molecule has 184 valence electrons. The van der Waals surface area contributed by atoms with Gasteiger partial charge in [-0.2, -0.15) is 0 Å². The van der Waals surface area contributed by atoms with Crippen LogP contribution in [-0.2, 0) is 6.42 Å². The average Bonchev–Trinajstić information content (AvgIpc) is 3.17. The van der Waals surface area contributed by atoms with Crippen LogP contribution in [0.25, 0.3) is 0 Å². The van der Waals surface area contributed by atoms with Crippen molar-refractivity contribution in [1.29, 1.82) is 0 Å². The maximum Gasteiger partial charge on any atom is 0.0648 e. The Labute approximate surface area is 202 Å². The maximum atomic E-state index is 11.2. The summed E-state index contributed by atoms with van der Waals surface area (Å²) in [7, 11) is 0. The van der Waals surface area contributed by atoms with Crippen LogP contribution in [0, 0.1) is 46.3 Å². The summed E-state index contributed by atoms with van der Waals surface area (Å²) < 4.78 is 0. The summed E-state index contributed by atoms with van der Waals surface area (Å²) in [4.78, 5) is 0. The Morgan fingerprint density at radius 3 is 2.36 bits per heavy atom. The van der Waals surface area contributed by atoms with Gasteiger partial charge in [-0.1, -0.05) is 58.0 Å². The minimum Gasteiger partial charge on any atom is -0.392 e. The third kappa shape index (κ3) is 3.92. The van der Waals surface area contributed by atoms with Gasteiger partial charge in [0.2, 0.25) is 0 Å². The van der Waals surface area contributed by atoms with E-state index in [1.165, 1.54) is 50.5 Å². The van der Waals surface area contributed by atoms with Crippen molar-refractivity contribution in [2.24, 2.45) is 46.3 Å². The molecular formula is C31H48O2. The number of benzene rings is 1. The van der Waals surface area contributed by atoms with Gasteiger partial charge in [-0.3, -0.25) is 0 Å². The quantitative estimate of drug-likeness (QED) is 0.503. The van der Waals surface area contributed by atoms with Crippen molar-refractivity contribution in [3.8, 4) is 0 Å². The van der Waals surface area contributed by atoms with Gasteiger partial charge < -0.3 is 10.2 Å². The Balaban J connectivity index is 1.31. The SMILES string of the molecule is CC[C@]1(O)CC[C@@]2(C)[C@@H](CC[C@@H]3[C@@H]2CC[C@]2(C)[C@@H]([C@H](C)[C@@H](O)Cc4ccccc4)CC[C@@H]32)C1. The number of aliphatic hydroxyl groups excluding tert-OH is 1. The van der Waals surface area contributed by atoms with Crippen LogP contribution in [0.3, 0.4) is 0 Å². The van der Waals surface area contributed by atoms with Crippen molar-refractivity contribution in [3.05, 3.63) is 35.9 Å². The second-order valence-corrected chi connectivity index (χ2v) is 13.3. The molecule has 0 saturated heterocycles. The van der Waals surface area contributed by atoms with E-state index in [-0.39, 0.29) is 6.10 Å². The Morgan fingerprint density at radius 2 is 1.64 bits per heavy atom. The van der Waals surface area contributed by atoms with Crippen LogP contribution in [0.15, 0.2) is 30.3 Å². The number of aliphatic hydroxyl groups is 2. The van der Waals surface area contributed by atoms with Crippen LogP contribution in [0.2, 0.25) is 0 Å². The van der Waals surface area contributed by atoms with Gasteiger partial charge in [-0.25, -0.2) is 0 Å². The lowest BCUT2D eigenvalue weighted by atomic mass is 9.43. The third-order valence-corrected chi connectivity index (χ3v) is 12.1. The lowest BCUT2D eigenvalue weighted by molar-refractivity contribution is -0.154. The van der Waals surface area contributed by atoms with E-state index in [0.717, 1.165) is 43.4 Å².